The molecule has 9 heteroatoms. The normalized spacial score (nSPS) is 14.6. The minimum Gasteiger partial charge on any atom is -0.489 e. The lowest BCUT2D eigenvalue weighted by molar-refractivity contribution is -0.122. The maximum absolute atomic E-state index is 13.6. The molecule has 1 aliphatic heterocycles. The van der Waals surface area contributed by atoms with Crippen LogP contribution in [0.3, 0.4) is 0 Å². The molecular formula is C26H19FN2O6. The minimum absolute atomic E-state index is 0.00111. The Balaban J connectivity index is 1.52. The highest BCUT2D eigenvalue weighted by Gasteiger charge is 2.36. The van der Waals surface area contributed by atoms with Gasteiger partial charge in [-0.15, -0.1) is 0 Å². The predicted molar refractivity (Wildman–Crippen MR) is 124 cm³/mol. The van der Waals surface area contributed by atoms with Gasteiger partial charge in [-0.1, -0.05) is 30.3 Å². The van der Waals surface area contributed by atoms with Gasteiger partial charge in [-0.05, 0) is 59.7 Å². The average Bonchev–Trinajstić information content (AvgIpc) is 2.85. The molecule has 4 amide bonds. The zero-order valence-corrected chi connectivity index (χ0v) is 18.5. The first kappa shape index (κ1) is 23.4. The summed E-state index contributed by atoms with van der Waals surface area (Å²) in [7, 11) is 1.31. The van der Waals surface area contributed by atoms with E-state index < -0.39 is 29.6 Å². The summed E-state index contributed by atoms with van der Waals surface area (Å²) in [5.41, 5.74) is 1.43. The number of esters is 1. The quantitative estimate of drug-likeness (QED) is 0.331. The van der Waals surface area contributed by atoms with Crippen molar-refractivity contribution in [3.63, 3.8) is 0 Å². The summed E-state index contributed by atoms with van der Waals surface area (Å²) in [6.45, 7) is 0.211. The van der Waals surface area contributed by atoms with E-state index in [0.29, 0.717) is 21.8 Å². The summed E-state index contributed by atoms with van der Waals surface area (Å²) in [6.07, 6.45) is 1.33. The van der Waals surface area contributed by atoms with Gasteiger partial charge in [-0.2, -0.15) is 0 Å². The molecule has 0 aromatic heterocycles. The summed E-state index contributed by atoms with van der Waals surface area (Å²) in [4.78, 5) is 49.8. The van der Waals surface area contributed by atoms with Gasteiger partial charge in [0, 0.05) is 0 Å². The highest BCUT2D eigenvalue weighted by atomic mass is 19.1. The molecule has 1 saturated heterocycles. The van der Waals surface area contributed by atoms with E-state index in [4.69, 9.17) is 4.74 Å². The number of barbiturate groups is 1. The molecule has 8 nitrogen and oxygen atoms in total. The van der Waals surface area contributed by atoms with Gasteiger partial charge >= 0.3 is 12.0 Å². The largest absolute Gasteiger partial charge is 0.489 e. The second-order valence-corrected chi connectivity index (χ2v) is 7.49. The fourth-order valence-corrected chi connectivity index (χ4v) is 3.39. The predicted octanol–water partition coefficient (Wildman–Crippen LogP) is 3.86. The van der Waals surface area contributed by atoms with E-state index in [-0.39, 0.29) is 17.9 Å². The van der Waals surface area contributed by atoms with Gasteiger partial charge in [0.25, 0.3) is 11.8 Å². The summed E-state index contributed by atoms with van der Waals surface area (Å²) in [6, 6.07) is 17.4. The number of anilines is 1. The molecule has 3 aromatic rings. The number of urea groups is 1. The van der Waals surface area contributed by atoms with Gasteiger partial charge in [-0.3, -0.25) is 14.9 Å². The maximum Gasteiger partial charge on any atom is 0.337 e. The Kier molecular flexibility index (Phi) is 6.68. The molecule has 0 aliphatic carbocycles. The number of rotatable bonds is 6. The molecule has 1 fully saturated rings. The van der Waals surface area contributed by atoms with Crippen molar-refractivity contribution >= 4 is 35.6 Å². The number of amides is 4. The van der Waals surface area contributed by atoms with E-state index in [2.05, 4.69) is 10.1 Å². The second kappa shape index (κ2) is 10.0. The van der Waals surface area contributed by atoms with Gasteiger partial charge in [0.1, 0.15) is 23.7 Å². The third-order valence-corrected chi connectivity index (χ3v) is 5.12. The number of carbonyl (C=O) groups is 4. The van der Waals surface area contributed by atoms with Crippen LogP contribution in [0.25, 0.3) is 6.08 Å². The first-order valence-corrected chi connectivity index (χ1v) is 10.4. The van der Waals surface area contributed by atoms with Crippen molar-refractivity contribution in [3.8, 4) is 5.75 Å². The molecule has 4 rings (SSSR count). The van der Waals surface area contributed by atoms with Crippen molar-refractivity contribution < 1.29 is 33.0 Å². The van der Waals surface area contributed by atoms with Crippen LogP contribution in [0.15, 0.2) is 78.4 Å². The molecule has 35 heavy (non-hydrogen) atoms. The molecule has 1 N–H and O–H groups in total. The number of hydrogen-bond donors (Lipinski definition) is 1. The summed E-state index contributed by atoms with van der Waals surface area (Å²) >= 11 is 0. The van der Waals surface area contributed by atoms with E-state index in [1.165, 1.54) is 31.4 Å². The van der Waals surface area contributed by atoms with E-state index in [9.17, 15) is 23.6 Å². The Morgan fingerprint density at radius 1 is 1.00 bits per heavy atom. The second-order valence-electron chi connectivity index (χ2n) is 7.49. The molecule has 3 aromatic carbocycles. The minimum atomic E-state index is -0.960. The lowest BCUT2D eigenvalue weighted by Gasteiger charge is -2.26. The van der Waals surface area contributed by atoms with Crippen LogP contribution < -0.4 is 15.0 Å². The number of nitrogens with one attached hydrogen (secondary N) is 1. The van der Waals surface area contributed by atoms with Crippen LogP contribution >= 0.6 is 0 Å². The molecule has 0 unspecified atom stereocenters. The first-order chi connectivity index (χ1) is 16.9. The topological polar surface area (TPSA) is 102 Å². The Morgan fingerprint density at radius 3 is 2.46 bits per heavy atom. The van der Waals surface area contributed by atoms with E-state index in [0.717, 1.165) is 11.6 Å². The number of hydrogen-bond acceptors (Lipinski definition) is 6. The standard InChI is InChI=1S/C26H19FN2O6/c1-34-25(32)18-10-8-16(9-11-18)15-35-21-7-2-4-17(12-21)13-22-23(30)28-26(33)29(24(22)31)20-6-3-5-19(27)14-20/h2-14H,15H2,1H3,(H,28,30,33). The molecule has 0 saturated carbocycles. The molecule has 0 spiro atoms. The van der Waals surface area contributed by atoms with E-state index in [1.54, 1.807) is 48.5 Å². The van der Waals surface area contributed by atoms with Crippen molar-refractivity contribution in [1.82, 2.24) is 5.32 Å². The number of nitrogens with zero attached hydrogens (tertiary/aromatic N) is 1. The fourth-order valence-electron chi connectivity index (χ4n) is 3.39. The van der Waals surface area contributed by atoms with Crippen LogP contribution in [0.5, 0.6) is 5.75 Å². The van der Waals surface area contributed by atoms with Crippen molar-refractivity contribution in [2.24, 2.45) is 0 Å². The number of imide groups is 2. The Labute approximate surface area is 199 Å². The van der Waals surface area contributed by atoms with Crippen LogP contribution in [-0.4, -0.2) is 30.9 Å². The van der Waals surface area contributed by atoms with Gasteiger partial charge in [0.05, 0.1) is 18.4 Å². The van der Waals surface area contributed by atoms with Gasteiger partial charge < -0.3 is 9.47 Å². The van der Waals surface area contributed by atoms with Crippen molar-refractivity contribution in [3.05, 3.63) is 101 Å². The van der Waals surface area contributed by atoms with Crippen LogP contribution in [0.2, 0.25) is 0 Å². The van der Waals surface area contributed by atoms with E-state index >= 15 is 0 Å². The van der Waals surface area contributed by atoms with Gasteiger partial charge in [0.15, 0.2) is 0 Å². The van der Waals surface area contributed by atoms with Gasteiger partial charge in [0.2, 0.25) is 0 Å². The first-order valence-electron chi connectivity index (χ1n) is 10.4. The Morgan fingerprint density at radius 2 is 1.74 bits per heavy atom. The lowest BCUT2D eigenvalue weighted by Crippen LogP contribution is -2.54. The molecule has 176 valence electrons. The number of ether oxygens (including phenoxy) is 2. The fraction of sp³-hybridized carbons (Fsp3) is 0.0769. The van der Waals surface area contributed by atoms with E-state index in [1.807, 2.05) is 0 Å². The zero-order chi connectivity index (χ0) is 24.9. The van der Waals surface area contributed by atoms with Crippen molar-refractivity contribution in [2.45, 2.75) is 6.61 Å². The number of halogens is 1. The summed E-state index contributed by atoms with van der Waals surface area (Å²) in [5, 5.41) is 2.10. The third kappa shape index (κ3) is 5.25. The monoisotopic (exact) mass is 474 g/mol. The summed E-state index contributed by atoms with van der Waals surface area (Å²) < 4.78 is 24.1. The van der Waals surface area contributed by atoms with Crippen LogP contribution in [0.1, 0.15) is 21.5 Å². The van der Waals surface area contributed by atoms with Crippen LogP contribution in [-0.2, 0) is 20.9 Å². The lowest BCUT2D eigenvalue weighted by atomic mass is 10.1. The number of carbonyl (C=O) groups excluding carboxylic acids is 4. The number of methoxy groups -OCH3 is 1. The van der Waals surface area contributed by atoms with Crippen LogP contribution in [0, 0.1) is 5.82 Å². The Hall–Kier alpha value is -4.79. The zero-order valence-electron chi connectivity index (χ0n) is 18.5. The molecule has 0 radical (unpaired) electrons. The third-order valence-electron chi connectivity index (χ3n) is 5.12. The molecular weight excluding hydrogens is 455 g/mol. The van der Waals surface area contributed by atoms with Crippen molar-refractivity contribution in [1.29, 1.82) is 0 Å². The molecule has 0 atom stereocenters. The van der Waals surface area contributed by atoms with Crippen LogP contribution in [0.4, 0.5) is 14.9 Å². The smallest absolute Gasteiger partial charge is 0.337 e. The molecule has 1 heterocycles. The molecule has 0 bridgehead atoms. The number of benzene rings is 3. The SMILES string of the molecule is COC(=O)c1ccc(COc2cccc(C=C3C(=O)NC(=O)N(c4cccc(F)c4)C3=O)c2)cc1. The Bertz CT molecular complexity index is 1350. The highest BCUT2D eigenvalue weighted by Crippen LogP contribution is 2.24. The average molecular weight is 474 g/mol. The maximum atomic E-state index is 13.6. The highest BCUT2D eigenvalue weighted by molar-refractivity contribution is 6.39. The van der Waals surface area contributed by atoms with Crippen molar-refractivity contribution in [2.75, 3.05) is 12.0 Å². The summed E-state index contributed by atoms with van der Waals surface area (Å²) in [5.74, 6) is -2.32. The molecule has 1 aliphatic rings. The van der Waals surface area contributed by atoms with Gasteiger partial charge in [-0.25, -0.2) is 18.9 Å².